The van der Waals surface area contributed by atoms with Gasteiger partial charge in [-0.25, -0.2) is 8.42 Å². The average molecular weight is 284 g/mol. The van der Waals surface area contributed by atoms with E-state index in [1.165, 1.54) is 0 Å². The van der Waals surface area contributed by atoms with E-state index in [1.54, 1.807) is 20.8 Å². The summed E-state index contributed by atoms with van der Waals surface area (Å²) in [7, 11) is -3.75. The van der Waals surface area contributed by atoms with E-state index < -0.39 is 10.0 Å². The Hall–Kier alpha value is -1.40. The minimum atomic E-state index is -3.75. The Morgan fingerprint density at radius 3 is 2.00 bits per heavy atom. The Balaban J connectivity index is 3.25. The van der Waals surface area contributed by atoms with Crippen LogP contribution in [0.2, 0.25) is 0 Å². The summed E-state index contributed by atoms with van der Waals surface area (Å²) in [6.07, 6.45) is 0.216. The highest BCUT2D eigenvalue weighted by Crippen LogP contribution is 2.25. The van der Waals surface area contributed by atoms with Crippen LogP contribution in [0.4, 0.5) is 0 Å². The van der Waals surface area contributed by atoms with Crippen LogP contribution in [0.1, 0.15) is 35.6 Å². The lowest BCUT2D eigenvalue weighted by molar-refractivity contribution is -0.121. The monoisotopic (exact) mass is 284 g/mol. The van der Waals surface area contributed by atoms with Gasteiger partial charge in [0.15, 0.2) is 0 Å². The first-order chi connectivity index (χ1) is 8.70. The van der Waals surface area contributed by atoms with Crippen LogP contribution in [0.5, 0.6) is 0 Å². The van der Waals surface area contributed by atoms with Gasteiger partial charge in [-0.3, -0.25) is 10.2 Å². The van der Waals surface area contributed by atoms with Gasteiger partial charge in [0.25, 0.3) is 10.0 Å². The summed E-state index contributed by atoms with van der Waals surface area (Å²) in [5.74, 6) is -0.372. The first-order valence-electron chi connectivity index (χ1n) is 6.08. The molecular formula is C13H20N2O3S. The molecule has 2 N–H and O–H groups in total. The third-order valence-corrected chi connectivity index (χ3v) is 4.73. The summed E-state index contributed by atoms with van der Waals surface area (Å²) >= 11 is 0. The number of sulfonamides is 1. The maximum absolute atomic E-state index is 12.3. The van der Waals surface area contributed by atoms with E-state index in [0.717, 1.165) is 11.1 Å². The number of aryl methyl sites for hydroxylation is 2. The Morgan fingerprint density at radius 1 is 1.11 bits per heavy atom. The number of rotatable bonds is 4. The van der Waals surface area contributed by atoms with E-state index in [2.05, 4.69) is 10.3 Å². The summed E-state index contributed by atoms with van der Waals surface area (Å²) in [6, 6.07) is 1.95. The van der Waals surface area contributed by atoms with Crippen LogP contribution in [0.25, 0.3) is 0 Å². The van der Waals surface area contributed by atoms with Gasteiger partial charge in [-0.2, -0.15) is 0 Å². The van der Waals surface area contributed by atoms with Crippen molar-refractivity contribution in [3.8, 4) is 0 Å². The number of hydrogen-bond acceptors (Lipinski definition) is 3. The van der Waals surface area contributed by atoms with Crippen LogP contribution in [-0.4, -0.2) is 14.3 Å². The lowest BCUT2D eigenvalue weighted by Crippen LogP contribution is -2.41. The smallest absolute Gasteiger partial charge is 0.257 e. The molecule has 0 aliphatic rings. The lowest BCUT2D eigenvalue weighted by atomic mass is 10.0. The van der Waals surface area contributed by atoms with Crippen molar-refractivity contribution < 1.29 is 13.2 Å². The Labute approximate surface area is 114 Å². The second-order valence-corrected chi connectivity index (χ2v) is 6.22. The number of hydrazine groups is 1. The summed E-state index contributed by atoms with van der Waals surface area (Å²) in [6.45, 7) is 8.91. The second kappa shape index (κ2) is 5.71. The molecule has 0 aliphatic carbocycles. The highest BCUT2D eigenvalue weighted by molar-refractivity contribution is 7.89. The molecule has 0 bridgehead atoms. The van der Waals surface area contributed by atoms with E-state index in [-0.39, 0.29) is 17.2 Å². The predicted octanol–water partition coefficient (Wildman–Crippen LogP) is 1.64. The first-order valence-corrected chi connectivity index (χ1v) is 7.57. The molecule has 0 radical (unpaired) electrons. The largest absolute Gasteiger partial charge is 0.278 e. The molecule has 0 aliphatic heterocycles. The minimum absolute atomic E-state index is 0.216. The molecule has 0 unspecified atom stereocenters. The SMILES string of the molecule is CCC(=O)NNS(=O)(=O)c1c(C)c(C)cc(C)c1C. The van der Waals surface area contributed by atoms with Gasteiger partial charge in [0.1, 0.15) is 0 Å². The molecule has 1 rings (SSSR count). The zero-order valence-electron chi connectivity index (χ0n) is 11.9. The number of nitrogens with one attached hydrogen (secondary N) is 2. The molecule has 0 aromatic heterocycles. The van der Waals surface area contributed by atoms with Gasteiger partial charge in [-0.1, -0.05) is 13.0 Å². The molecule has 0 saturated carbocycles. The number of carbonyl (C=O) groups excluding carboxylic acids is 1. The predicted molar refractivity (Wildman–Crippen MR) is 74.1 cm³/mol. The molecule has 5 nitrogen and oxygen atoms in total. The molecule has 0 heterocycles. The van der Waals surface area contributed by atoms with Gasteiger partial charge < -0.3 is 0 Å². The molecule has 1 aromatic carbocycles. The van der Waals surface area contributed by atoms with Crippen molar-refractivity contribution in [2.75, 3.05) is 0 Å². The van der Waals surface area contributed by atoms with Gasteiger partial charge in [-0.15, -0.1) is 4.83 Å². The standard InChI is InChI=1S/C13H20N2O3S/c1-6-12(16)14-15-19(17,18)13-10(4)8(2)7-9(3)11(13)5/h7,15H,6H2,1-5H3,(H,14,16). The van der Waals surface area contributed by atoms with E-state index in [1.807, 2.05) is 19.9 Å². The van der Waals surface area contributed by atoms with Crippen molar-refractivity contribution in [3.63, 3.8) is 0 Å². The van der Waals surface area contributed by atoms with Crippen molar-refractivity contribution >= 4 is 15.9 Å². The average Bonchev–Trinajstić information content (AvgIpc) is 2.33. The van der Waals surface area contributed by atoms with Crippen molar-refractivity contribution in [1.82, 2.24) is 10.3 Å². The Kier molecular flexibility index (Phi) is 4.70. The molecule has 1 aromatic rings. The zero-order valence-corrected chi connectivity index (χ0v) is 12.7. The van der Waals surface area contributed by atoms with Crippen molar-refractivity contribution in [2.24, 2.45) is 0 Å². The molecule has 0 saturated heterocycles. The molecule has 6 heteroatoms. The Bertz CT molecular complexity index is 581. The number of carbonyl (C=O) groups is 1. The van der Waals surface area contributed by atoms with E-state index in [4.69, 9.17) is 0 Å². The minimum Gasteiger partial charge on any atom is -0.278 e. The lowest BCUT2D eigenvalue weighted by Gasteiger charge is -2.16. The third-order valence-electron chi connectivity index (χ3n) is 3.21. The van der Waals surface area contributed by atoms with Crippen molar-refractivity contribution in [3.05, 3.63) is 28.3 Å². The van der Waals surface area contributed by atoms with E-state index >= 15 is 0 Å². The van der Waals surface area contributed by atoms with Crippen LogP contribution in [-0.2, 0) is 14.8 Å². The van der Waals surface area contributed by atoms with Gasteiger partial charge >= 0.3 is 0 Å². The second-order valence-electron chi connectivity index (χ2n) is 4.60. The molecule has 106 valence electrons. The highest BCUT2D eigenvalue weighted by Gasteiger charge is 2.22. The number of benzene rings is 1. The molecule has 0 fully saturated rings. The van der Waals surface area contributed by atoms with Crippen LogP contribution in [0, 0.1) is 27.7 Å². The van der Waals surface area contributed by atoms with E-state index in [9.17, 15) is 13.2 Å². The maximum Gasteiger partial charge on any atom is 0.257 e. The van der Waals surface area contributed by atoms with Gasteiger partial charge in [0.2, 0.25) is 5.91 Å². The summed E-state index contributed by atoms with van der Waals surface area (Å²) in [5, 5.41) is 0. The summed E-state index contributed by atoms with van der Waals surface area (Å²) in [4.78, 5) is 13.5. The fourth-order valence-electron chi connectivity index (χ4n) is 1.85. The quantitative estimate of drug-likeness (QED) is 0.825. The van der Waals surface area contributed by atoms with Crippen molar-refractivity contribution in [2.45, 2.75) is 45.9 Å². The normalized spacial score (nSPS) is 11.4. The highest BCUT2D eigenvalue weighted by atomic mass is 32.2. The molecule has 0 spiro atoms. The molecule has 1 amide bonds. The maximum atomic E-state index is 12.3. The number of hydrogen-bond donors (Lipinski definition) is 2. The topological polar surface area (TPSA) is 75.3 Å². The van der Waals surface area contributed by atoms with Crippen LogP contribution >= 0.6 is 0 Å². The zero-order chi connectivity index (χ0) is 14.8. The molecule has 0 atom stereocenters. The van der Waals surface area contributed by atoms with Crippen molar-refractivity contribution in [1.29, 1.82) is 0 Å². The molecule has 19 heavy (non-hydrogen) atoms. The number of amides is 1. The first kappa shape index (κ1) is 15.7. The van der Waals surface area contributed by atoms with Gasteiger partial charge in [-0.05, 0) is 49.9 Å². The Morgan fingerprint density at radius 2 is 1.58 bits per heavy atom. The van der Waals surface area contributed by atoms with E-state index in [0.29, 0.717) is 11.1 Å². The van der Waals surface area contributed by atoms with Gasteiger partial charge in [0, 0.05) is 6.42 Å². The van der Waals surface area contributed by atoms with Gasteiger partial charge in [0.05, 0.1) is 4.90 Å². The van der Waals surface area contributed by atoms with Crippen LogP contribution < -0.4 is 10.3 Å². The third kappa shape index (κ3) is 3.33. The summed E-state index contributed by atoms with van der Waals surface area (Å²) < 4.78 is 24.5. The fraction of sp³-hybridized carbons (Fsp3) is 0.462. The fourth-order valence-corrected chi connectivity index (χ4v) is 3.33. The van der Waals surface area contributed by atoms with Crippen LogP contribution in [0.15, 0.2) is 11.0 Å². The summed E-state index contributed by atoms with van der Waals surface area (Å²) in [5.41, 5.74) is 5.39. The van der Waals surface area contributed by atoms with Crippen LogP contribution in [0.3, 0.4) is 0 Å². The molecular weight excluding hydrogens is 264 g/mol.